The average Bonchev–Trinajstić information content (AvgIpc) is 2.51. The molecule has 0 aliphatic rings. The molecule has 1 aromatic carbocycles. The lowest BCUT2D eigenvalue weighted by Gasteiger charge is -2.12. The van der Waals surface area contributed by atoms with Gasteiger partial charge >= 0.3 is 0 Å². The van der Waals surface area contributed by atoms with Crippen molar-refractivity contribution < 1.29 is 9.47 Å². The number of aromatic nitrogens is 2. The van der Waals surface area contributed by atoms with Gasteiger partial charge in [-0.3, -0.25) is 0 Å². The van der Waals surface area contributed by atoms with Gasteiger partial charge in [0.05, 0.1) is 24.4 Å². The molecule has 1 N–H and O–H groups in total. The van der Waals surface area contributed by atoms with Gasteiger partial charge in [-0.05, 0) is 48.0 Å². The number of anilines is 1. The summed E-state index contributed by atoms with van der Waals surface area (Å²) in [5.74, 6) is 2.77. The minimum Gasteiger partial charge on any atom is -0.493 e. The lowest BCUT2D eigenvalue weighted by Crippen LogP contribution is -2.04. The van der Waals surface area contributed by atoms with Crippen LogP contribution in [0.1, 0.15) is 12.6 Å². The largest absolute Gasteiger partial charge is 0.493 e. The summed E-state index contributed by atoms with van der Waals surface area (Å²) >= 11 is 3.51. The topological polar surface area (TPSA) is 56.3 Å². The monoisotopic (exact) mass is 351 g/mol. The van der Waals surface area contributed by atoms with Crippen molar-refractivity contribution in [3.8, 4) is 22.9 Å². The van der Waals surface area contributed by atoms with Crippen LogP contribution in [0.5, 0.6) is 11.5 Å². The minimum absolute atomic E-state index is 0.646. The van der Waals surface area contributed by atoms with E-state index in [-0.39, 0.29) is 0 Å². The Labute approximate surface area is 132 Å². The highest BCUT2D eigenvalue weighted by atomic mass is 79.9. The van der Waals surface area contributed by atoms with Gasteiger partial charge in [0, 0.05) is 12.1 Å². The summed E-state index contributed by atoms with van der Waals surface area (Å²) in [5.41, 5.74) is 1.76. The highest BCUT2D eigenvalue weighted by molar-refractivity contribution is 9.10. The van der Waals surface area contributed by atoms with Gasteiger partial charge in [0.1, 0.15) is 5.82 Å². The summed E-state index contributed by atoms with van der Waals surface area (Å²) in [4.78, 5) is 9.08. The number of methoxy groups -OCH3 is 2. The number of hydrogen-bond donors (Lipinski definition) is 1. The fourth-order valence-electron chi connectivity index (χ4n) is 1.95. The second kappa shape index (κ2) is 6.76. The summed E-state index contributed by atoms with van der Waals surface area (Å²) in [5, 5.41) is 3.22. The number of hydrogen-bond acceptors (Lipinski definition) is 5. The summed E-state index contributed by atoms with van der Waals surface area (Å²) in [6, 6.07) is 5.64. The molecule has 0 fully saturated rings. The maximum atomic E-state index is 5.32. The zero-order chi connectivity index (χ0) is 15.4. The van der Waals surface area contributed by atoms with Gasteiger partial charge in [-0.1, -0.05) is 0 Å². The molecule has 6 heteroatoms. The Hall–Kier alpha value is -1.82. The molecule has 0 aliphatic carbocycles. The van der Waals surface area contributed by atoms with Crippen molar-refractivity contribution in [3.63, 3.8) is 0 Å². The van der Waals surface area contributed by atoms with Crippen molar-refractivity contribution >= 4 is 21.7 Å². The Morgan fingerprint density at radius 3 is 2.48 bits per heavy atom. The molecule has 0 bridgehead atoms. The molecule has 0 atom stereocenters. The molecule has 112 valence electrons. The third kappa shape index (κ3) is 3.26. The van der Waals surface area contributed by atoms with Crippen LogP contribution < -0.4 is 14.8 Å². The maximum absolute atomic E-state index is 5.32. The predicted molar refractivity (Wildman–Crippen MR) is 87.2 cm³/mol. The lowest BCUT2D eigenvalue weighted by molar-refractivity contribution is 0.355. The van der Waals surface area contributed by atoms with Crippen LogP contribution in [0.4, 0.5) is 5.82 Å². The quantitative estimate of drug-likeness (QED) is 0.890. The van der Waals surface area contributed by atoms with E-state index in [9.17, 15) is 0 Å². The first-order valence-corrected chi connectivity index (χ1v) is 7.40. The number of aryl methyl sites for hydroxylation is 1. The van der Waals surface area contributed by atoms with Crippen molar-refractivity contribution in [1.82, 2.24) is 9.97 Å². The van der Waals surface area contributed by atoms with Gasteiger partial charge in [0.15, 0.2) is 17.3 Å². The van der Waals surface area contributed by atoms with Gasteiger partial charge in [-0.15, -0.1) is 0 Å². The number of rotatable bonds is 5. The number of halogens is 1. The van der Waals surface area contributed by atoms with Gasteiger partial charge in [0.2, 0.25) is 0 Å². The molecule has 0 amide bonds. The number of benzene rings is 1. The Kier molecular flexibility index (Phi) is 5.01. The van der Waals surface area contributed by atoms with Crippen LogP contribution in [0.2, 0.25) is 0 Å². The van der Waals surface area contributed by atoms with Crippen LogP contribution in [0.15, 0.2) is 22.7 Å². The summed E-state index contributed by atoms with van der Waals surface area (Å²) in [6.45, 7) is 4.76. The summed E-state index contributed by atoms with van der Waals surface area (Å²) in [7, 11) is 3.22. The molecule has 21 heavy (non-hydrogen) atoms. The molecular weight excluding hydrogens is 334 g/mol. The van der Waals surface area contributed by atoms with Crippen LogP contribution in [0.25, 0.3) is 11.4 Å². The number of nitrogens with zero attached hydrogens (tertiary/aromatic N) is 2. The first-order valence-electron chi connectivity index (χ1n) is 6.61. The van der Waals surface area contributed by atoms with E-state index in [4.69, 9.17) is 9.47 Å². The van der Waals surface area contributed by atoms with Crippen LogP contribution in [-0.2, 0) is 0 Å². The smallest absolute Gasteiger partial charge is 0.161 e. The van der Waals surface area contributed by atoms with Crippen molar-refractivity contribution in [1.29, 1.82) is 0 Å². The third-order valence-electron chi connectivity index (χ3n) is 3.00. The molecule has 2 rings (SSSR count). The van der Waals surface area contributed by atoms with E-state index in [0.717, 1.165) is 28.1 Å². The lowest BCUT2D eigenvalue weighted by atomic mass is 10.2. The first-order chi connectivity index (χ1) is 10.1. The molecule has 1 heterocycles. The SMILES string of the molecule is CCNc1nc(-c2ccc(OC)c(OC)c2)nc(C)c1Br. The van der Waals surface area contributed by atoms with E-state index in [1.165, 1.54) is 0 Å². The minimum atomic E-state index is 0.646. The van der Waals surface area contributed by atoms with Crippen LogP contribution in [-0.4, -0.2) is 30.7 Å². The molecule has 0 radical (unpaired) electrons. The molecule has 1 aromatic heterocycles. The zero-order valence-electron chi connectivity index (χ0n) is 12.5. The van der Waals surface area contributed by atoms with E-state index < -0.39 is 0 Å². The number of ether oxygens (including phenoxy) is 2. The van der Waals surface area contributed by atoms with E-state index in [2.05, 4.69) is 31.2 Å². The van der Waals surface area contributed by atoms with Crippen molar-refractivity contribution in [2.45, 2.75) is 13.8 Å². The Morgan fingerprint density at radius 2 is 1.86 bits per heavy atom. The molecule has 0 saturated heterocycles. The van der Waals surface area contributed by atoms with Crippen LogP contribution in [0.3, 0.4) is 0 Å². The van der Waals surface area contributed by atoms with E-state index in [1.54, 1.807) is 14.2 Å². The highest BCUT2D eigenvalue weighted by Crippen LogP contribution is 2.32. The van der Waals surface area contributed by atoms with E-state index in [0.29, 0.717) is 17.3 Å². The summed E-state index contributed by atoms with van der Waals surface area (Å²) < 4.78 is 11.5. The van der Waals surface area contributed by atoms with Gasteiger partial charge in [-0.25, -0.2) is 9.97 Å². The van der Waals surface area contributed by atoms with E-state index >= 15 is 0 Å². The maximum Gasteiger partial charge on any atom is 0.161 e. The molecule has 0 aliphatic heterocycles. The van der Waals surface area contributed by atoms with Crippen LogP contribution >= 0.6 is 15.9 Å². The van der Waals surface area contributed by atoms with Gasteiger partial charge in [0.25, 0.3) is 0 Å². The van der Waals surface area contributed by atoms with Crippen molar-refractivity contribution in [2.75, 3.05) is 26.1 Å². The van der Waals surface area contributed by atoms with Gasteiger partial charge < -0.3 is 14.8 Å². The standard InChI is InChI=1S/C15H18BrN3O2/c1-5-17-15-13(16)9(2)18-14(19-15)10-6-7-11(20-3)12(8-10)21-4/h6-8H,5H2,1-4H3,(H,17,18,19). The number of nitrogens with one attached hydrogen (secondary N) is 1. The fraction of sp³-hybridized carbons (Fsp3) is 0.333. The first kappa shape index (κ1) is 15.6. The second-order valence-corrected chi connectivity index (χ2v) is 5.19. The van der Waals surface area contributed by atoms with Crippen molar-refractivity contribution in [2.24, 2.45) is 0 Å². The Balaban J connectivity index is 2.51. The van der Waals surface area contributed by atoms with Gasteiger partial charge in [-0.2, -0.15) is 0 Å². The fourth-order valence-corrected chi connectivity index (χ4v) is 2.27. The Bertz CT molecular complexity index is 647. The molecule has 2 aromatic rings. The molecule has 0 saturated carbocycles. The van der Waals surface area contributed by atoms with Crippen LogP contribution in [0, 0.1) is 6.92 Å². The average molecular weight is 352 g/mol. The van der Waals surface area contributed by atoms with E-state index in [1.807, 2.05) is 32.0 Å². The van der Waals surface area contributed by atoms with Crippen molar-refractivity contribution in [3.05, 3.63) is 28.4 Å². The second-order valence-electron chi connectivity index (χ2n) is 4.40. The predicted octanol–water partition coefficient (Wildman–Crippen LogP) is 3.66. The molecule has 0 unspecified atom stereocenters. The molecular formula is C15H18BrN3O2. The highest BCUT2D eigenvalue weighted by Gasteiger charge is 2.12. The molecule has 0 spiro atoms. The summed E-state index contributed by atoms with van der Waals surface area (Å²) in [6.07, 6.45) is 0. The zero-order valence-corrected chi connectivity index (χ0v) is 14.1. The third-order valence-corrected chi connectivity index (χ3v) is 3.95. The Morgan fingerprint density at radius 1 is 1.14 bits per heavy atom. The molecule has 5 nitrogen and oxygen atoms in total. The normalized spacial score (nSPS) is 10.3.